The van der Waals surface area contributed by atoms with Crippen LogP contribution in [-0.4, -0.2) is 67.1 Å². The van der Waals surface area contributed by atoms with E-state index in [1.165, 1.54) is 16.3 Å². The van der Waals surface area contributed by atoms with Crippen molar-refractivity contribution in [2.45, 2.75) is 32.4 Å². The number of carbonyl (C=O) groups is 1. The van der Waals surface area contributed by atoms with Gasteiger partial charge in [0.15, 0.2) is 5.96 Å². The van der Waals surface area contributed by atoms with Crippen molar-refractivity contribution in [3.8, 4) is 0 Å². The number of guanidine groups is 1. The molecule has 29 heavy (non-hydrogen) atoms. The summed E-state index contributed by atoms with van der Waals surface area (Å²) in [6.45, 7) is 7.29. The molecule has 2 heterocycles. The number of amides is 1. The first-order valence-electron chi connectivity index (χ1n) is 10.7. The van der Waals surface area contributed by atoms with Gasteiger partial charge in [0, 0.05) is 39.3 Å². The van der Waals surface area contributed by atoms with Crippen LogP contribution in [0.5, 0.6) is 0 Å². The Labute approximate surface area is 172 Å². The van der Waals surface area contributed by atoms with Gasteiger partial charge in [-0.05, 0) is 42.2 Å². The predicted octanol–water partition coefficient (Wildman–Crippen LogP) is 2.63. The molecule has 1 atom stereocenters. The van der Waals surface area contributed by atoms with E-state index >= 15 is 0 Å². The molecule has 2 fully saturated rings. The van der Waals surface area contributed by atoms with Gasteiger partial charge < -0.3 is 19.9 Å². The third kappa shape index (κ3) is 4.70. The second kappa shape index (κ2) is 9.27. The van der Waals surface area contributed by atoms with E-state index in [-0.39, 0.29) is 12.0 Å². The van der Waals surface area contributed by atoms with Gasteiger partial charge in [-0.1, -0.05) is 36.4 Å². The fraction of sp³-hybridized carbons (Fsp3) is 0.478. The Hall–Kier alpha value is -2.60. The fourth-order valence-electron chi connectivity index (χ4n) is 4.04. The minimum Gasteiger partial charge on any atom is -0.368 e. The van der Waals surface area contributed by atoms with Gasteiger partial charge in [0.05, 0.1) is 6.54 Å². The Balaban J connectivity index is 1.38. The molecule has 1 N–H and O–H groups in total. The highest BCUT2D eigenvalue weighted by Crippen LogP contribution is 2.17. The van der Waals surface area contributed by atoms with Gasteiger partial charge in [-0.15, -0.1) is 0 Å². The largest absolute Gasteiger partial charge is 0.368 e. The van der Waals surface area contributed by atoms with Crippen molar-refractivity contribution in [2.75, 3.05) is 39.3 Å². The molecule has 1 unspecified atom stereocenters. The van der Waals surface area contributed by atoms with E-state index in [4.69, 9.17) is 9.73 Å². The van der Waals surface area contributed by atoms with Crippen LogP contribution in [0.25, 0.3) is 10.8 Å². The molecule has 1 amide bonds. The molecule has 0 aliphatic carbocycles. The van der Waals surface area contributed by atoms with Crippen molar-refractivity contribution in [2.24, 2.45) is 4.99 Å². The molecule has 2 saturated heterocycles. The maximum atomic E-state index is 12.6. The lowest BCUT2D eigenvalue weighted by atomic mass is 10.1. The third-order valence-electron chi connectivity index (χ3n) is 5.66. The number of hydrogen-bond acceptors (Lipinski definition) is 3. The van der Waals surface area contributed by atoms with E-state index in [2.05, 4.69) is 59.6 Å². The second-order valence-electron chi connectivity index (χ2n) is 7.67. The summed E-state index contributed by atoms with van der Waals surface area (Å²) in [5.74, 6) is 1.07. The first kappa shape index (κ1) is 19.7. The number of rotatable bonds is 4. The first-order valence-corrected chi connectivity index (χ1v) is 10.7. The number of benzene rings is 2. The number of nitrogens with zero attached hydrogens (tertiary/aromatic N) is 3. The molecule has 154 valence electrons. The van der Waals surface area contributed by atoms with Crippen molar-refractivity contribution < 1.29 is 9.53 Å². The predicted molar refractivity (Wildman–Crippen MR) is 116 cm³/mol. The quantitative estimate of drug-likeness (QED) is 0.640. The molecule has 6 nitrogen and oxygen atoms in total. The number of piperazine rings is 1. The molecule has 2 aromatic carbocycles. The average molecular weight is 395 g/mol. The van der Waals surface area contributed by atoms with E-state index in [1.54, 1.807) is 0 Å². The van der Waals surface area contributed by atoms with E-state index in [1.807, 2.05) is 4.90 Å². The molecular formula is C23H30N4O2. The van der Waals surface area contributed by atoms with Gasteiger partial charge in [-0.2, -0.15) is 0 Å². The topological polar surface area (TPSA) is 57.2 Å². The Morgan fingerprint density at radius 1 is 1.10 bits per heavy atom. The average Bonchev–Trinajstić information content (AvgIpc) is 3.31. The SMILES string of the molecule is CCNC(=NCc1ccc2ccccc2c1)N1CCN(C(=O)C2CCCO2)CC1. The van der Waals surface area contributed by atoms with Gasteiger partial charge in [0.1, 0.15) is 6.10 Å². The Kier molecular flexibility index (Phi) is 6.30. The van der Waals surface area contributed by atoms with Crippen LogP contribution < -0.4 is 5.32 Å². The van der Waals surface area contributed by atoms with Crippen molar-refractivity contribution in [3.63, 3.8) is 0 Å². The monoisotopic (exact) mass is 394 g/mol. The molecule has 0 radical (unpaired) electrons. The maximum Gasteiger partial charge on any atom is 0.251 e. The maximum absolute atomic E-state index is 12.6. The summed E-state index contributed by atoms with van der Waals surface area (Å²) in [5, 5.41) is 5.90. The summed E-state index contributed by atoms with van der Waals surface area (Å²) < 4.78 is 5.56. The number of aliphatic imine (C=N–C) groups is 1. The number of nitrogens with one attached hydrogen (secondary N) is 1. The smallest absolute Gasteiger partial charge is 0.251 e. The lowest BCUT2D eigenvalue weighted by Crippen LogP contribution is -2.55. The molecule has 0 aromatic heterocycles. The lowest BCUT2D eigenvalue weighted by molar-refractivity contribution is -0.142. The number of fused-ring (bicyclic) bond motifs is 1. The van der Waals surface area contributed by atoms with Crippen LogP contribution in [0.2, 0.25) is 0 Å². The fourth-order valence-corrected chi connectivity index (χ4v) is 4.04. The summed E-state index contributed by atoms with van der Waals surface area (Å²) in [7, 11) is 0. The molecular weight excluding hydrogens is 364 g/mol. The van der Waals surface area contributed by atoms with Crippen molar-refractivity contribution in [1.82, 2.24) is 15.1 Å². The van der Waals surface area contributed by atoms with Gasteiger partial charge in [0.2, 0.25) is 0 Å². The summed E-state index contributed by atoms with van der Waals surface area (Å²) >= 11 is 0. The zero-order valence-electron chi connectivity index (χ0n) is 17.1. The number of carbonyl (C=O) groups excluding carboxylic acids is 1. The van der Waals surface area contributed by atoms with Crippen molar-refractivity contribution >= 4 is 22.6 Å². The van der Waals surface area contributed by atoms with Crippen molar-refractivity contribution in [3.05, 3.63) is 48.0 Å². The van der Waals surface area contributed by atoms with E-state index in [9.17, 15) is 4.79 Å². The highest BCUT2D eigenvalue weighted by atomic mass is 16.5. The minimum atomic E-state index is -0.226. The Morgan fingerprint density at radius 3 is 2.59 bits per heavy atom. The zero-order valence-corrected chi connectivity index (χ0v) is 17.1. The molecule has 4 rings (SSSR count). The lowest BCUT2D eigenvalue weighted by Gasteiger charge is -2.37. The van der Waals surface area contributed by atoms with Crippen LogP contribution in [0.15, 0.2) is 47.5 Å². The highest BCUT2D eigenvalue weighted by molar-refractivity contribution is 5.84. The first-order chi connectivity index (χ1) is 14.2. The van der Waals surface area contributed by atoms with Gasteiger partial charge in [-0.3, -0.25) is 4.79 Å². The minimum absolute atomic E-state index is 0.153. The molecule has 0 saturated carbocycles. The van der Waals surface area contributed by atoms with Crippen LogP contribution in [0.1, 0.15) is 25.3 Å². The van der Waals surface area contributed by atoms with Crippen LogP contribution in [-0.2, 0) is 16.1 Å². The highest BCUT2D eigenvalue weighted by Gasteiger charge is 2.30. The van der Waals surface area contributed by atoms with Crippen LogP contribution in [0.3, 0.4) is 0 Å². The normalized spacial score (nSPS) is 20.3. The Morgan fingerprint density at radius 2 is 1.86 bits per heavy atom. The molecule has 0 bridgehead atoms. The zero-order chi connectivity index (χ0) is 20.1. The summed E-state index contributed by atoms with van der Waals surface area (Å²) in [6.07, 6.45) is 1.62. The summed E-state index contributed by atoms with van der Waals surface area (Å²) in [6, 6.07) is 14.9. The van der Waals surface area contributed by atoms with Gasteiger partial charge in [0.25, 0.3) is 5.91 Å². The van der Waals surface area contributed by atoms with Crippen LogP contribution in [0, 0.1) is 0 Å². The molecule has 6 heteroatoms. The molecule has 2 aliphatic heterocycles. The molecule has 2 aliphatic rings. The summed E-state index contributed by atoms with van der Waals surface area (Å²) in [4.78, 5) is 21.6. The Bertz CT molecular complexity index is 868. The van der Waals surface area contributed by atoms with Crippen LogP contribution in [0.4, 0.5) is 0 Å². The van der Waals surface area contributed by atoms with E-state index < -0.39 is 0 Å². The van der Waals surface area contributed by atoms with Gasteiger partial charge >= 0.3 is 0 Å². The van der Waals surface area contributed by atoms with Crippen LogP contribution >= 0.6 is 0 Å². The molecule has 0 spiro atoms. The number of hydrogen-bond donors (Lipinski definition) is 1. The standard InChI is InChI=1S/C23H30N4O2/c1-2-24-23(25-17-18-9-10-19-6-3-4-7-20(19)16-18)27-13-11-26(12-14-27)22(28)21-8-5-15-29-21/h3-4,6-7,9-10,16,21H,2,5,8,11-15,17H2,1H3,(H,24,25). The third-order valence-corrected chi connectivity index (χ3v) is 5.66. The van der Waals surface area contributed by atoms with Crippen molar-refractivity contribution in [1.29, 1.82) is 0 Å². The van der Waals surface area contributed by atoms with E-state index in [0.717, 1.165) is 51.5 Å². The second-order valence-corrected chi connectivity index (χ2v) is 7.67. The van der Waals surface area contributed by atoms with E-state index in [0.29, 0.717) is 13.2 Å². The summed E-state index contributed by atoms with van der Waals surface area (Å²) in [5.41, 5.74) is 1.20. The molecule has 2 aromatic rings. The number of ether oxygens (including phenoxy) is 1. The van der Waals surface area contributed by atoms with Gasteiger partial charge in [-0.25, -0.2) is 4.99 Å².